The number of aromatic nitrogens is 4. The number of hydrogen-bond donors (Lipinski definition) is 1. The number of nitrogens with zero attached hydrogens (tertiary/aromatic N) is 4. The number of aryl methyl sites for hydroxylation is 1. The molecule has 0 unspecified atom stereocenters. The van der Waals surface area contributed by atoms with Crippen LogP contribution in [0.3, 0.4) is 0 Å². The number of carbonyl (C=O) groups excluding carboxylic acids is 1. The van der Waals surface area contributed by atoms with Crippen LogP contribution < -0.4 is 5.32 Å². The second-order valence-corrected chi connectivity index (χ2v) is 6.15. The van der Waals surface area contributed by atoms with E-state index in [0.717, 1.165) is 16.7 Å². The lowest BCUT2D eigenvalue weighted by molar-refractivity contribution is 0.102. The van der Waals surface area contributed by atoms with Crippen molar-refractivity contribution in [2.24, 2.45) is 0 Å². The van der Waals surface area contributed by atoms with E-state index in [2.05, 4.69) is 32.5 Å². The fourth-order valence-electron chi connectivity index (χ4n) is 2.25. The van der Waals surface area contributed by atoms with Gasteiger partial charge in [-0.05, 0) is 50.6 Å². The van der Waals surface area contributed by atoms with E-state index >= 15 is 0 Å². The van der Waals surface area contributed by atoms with Crippen LogP contribution in [0.4, 0.5) is 5.82 Å². The Hall–Kier alpha value is -3.46. The Labute approximate surface area is 152 Å². The maximum absolute atomic E-state index is 12.5. The molecule has 0 aliphatic rings. The van der Waals surface area contributed by atoms with E-state index in [1.54, 1.807) is 35.4 Å². The molecule has 0 saturated heterocycles. The molecule has 130 valence electrons. The smallest absolute Gasteiger partial charge is 0.256 e. The standard InChI is InChI=1S/C20H19N5O/c1-14(2)25-13-19(23-24-25)22-20(26)18-8-6-15(3)17(11-18)9-7-16-5-4-10-21-12-16/h4-6,8,10-14H,1-3H3,(H,22,26). The Bertz CT molecular complexity index is 980. The highest BCUT2D eigenvalue weighted by atomic mass is 16.1. The molecule has 1 aromatic carbocycles. The van der Waals surface area contributed by atoms with Crippen molar-refractivity contribution in [2.75, 3.05) is 5.32 Å². The minimum atomic E-state index is -0.245. The number of anilines is 1. The van der Waals surface area contributed by atoms with Crippen LogP contribution in [0.1, 0.15) is 46.9 Å². The van der Waals surface area contributed by atoms with E-state index < -0.39 is 0 Å². The summed E-state index contributed by atoms with van der Waals surface area (Å²) >= 11 is 0. The summed E-state index contributed by atoms with van der Waals surface area (Å²) in [5, 5.41) is 10.7. The first-order valence-corrected chi connectivity index (χ1v) is 8.29. The summed E-state index contributed by atoms with van der Waals surface area (Å²) in [6, 6.07) is 9.34. The van der Waals surface area contributed by atoms with Gasteiger partial charge in [0, 0.05) is 35.1 Å². The fourth-order valence-corrected chi connectivity index (χ4v) is 2.25. The lowest BCUT2D eigenvalue weighted by atomic mass is 10.0. The zero-order chi connectivity index (χ0) is 18.5. The van der Waals surface area contributed by atoms with Crippen molar-refractivity contribution in [1.29, 1.82) is 0 Å². The minimum Gasteiger partial charge on any atom is -0.304 e. The zero-order valence-electron chi connectivity index (χ0n) is 14.9. The maximum atomic E-state index is 12.5. The summed E-state index contributed by atoms with van der Waals surface area (Å²) < 4.78 is 1.69. The molecule has 3 aromatic rings. The average molecular weight is 345 g/mol. The summed E-state index contributed by atoms with van der Waals surface area (Å²) in [5.41, 5.74) is 3.15. The largest absolute Gasteiger partial charge is 0.304 e. The molecule has 0 fully saturated rings. The second kappa shape index (κ2) is 7.62. The Balaban J connectivity index is 1.80. The molecular formula is C20H19N5O. The van der Waals surface area contributed by atoms with Gasteiger partial charge in [-0.25, -0.2) is 4.68 Å². The number of hydrogen-bond acceptors (Lipinski definition) is 4. The molecule has 3 rings (SSSR count). The highest BCUT2D eigenvalue weighted by Gasteiger charge is 2.11. The second-order valence-electron chi connectivity index (χ2n) is 6.15. The van der Waals surface area contributed by atoms with Crippen LogP contribution in [0.25, 0.3) is 0 Å². The van der Waals surface area contributed by atoms with Crippen LogP contribution in [-0.2, 0) is 0 Å². The van der Waals surface area contributed by atoms with Crippen LogP contribution in [0, 0.1) is 18.8 Å². The van der Waals surface area contributed by atoms with Gasteiger partial charge in [0.15, 0.2) is 5.82 Å². The Kier molecular flexibility index (Phi) is 5.09. The monoisotopic (exact) mass is 345 g/mol. The number of nitrogens with one attached hydrogen (secondary N) is 1. The summed E-state index contributed by atoms with van der Waals surface area (Å²) in [5.74, 6) is 6.35. The first-order chi connectivity index (χ1) is 12.5. The third kappa shape index (κ3) is 4.14. The van der Waals surface area contributed by atoms with Gasteiger partial charge in [0.1, 0.15) is 0 Å². The molecular weight excluding hydrogens is 326 g/mol. The van der Waals surface area contributed by atoms with Crippen molar-refractivity contribution in [3.8, 4) is 11.8 Å². The molecule has 0 aliphatic heterocycles. The van der Waals surface area contributed by atoms with Crippen LogP contribution >= 0.6 is 0 Å². The Morgan fingerprint density at radius 1 is 1.23 bits per heavy atom. The molecule has 1 amide bonds. The summed E-state index contributed by atoms with van der Waals surface area (Å²) in [6.45, 7) is 5.95. The number of pyridine rings is 1. The van der Waals surface area contributed by atoms with Crippen molar-refractivity contribution >= 4 is 11.7 Å². The maximum Gasteiger partial charge on any atom is 0.256 e. The molecule has 26 heavy (non-hydrogen) atoms. The predicted octanol–water partition coefficient (Wildman–Crippen LogP) is 3.21. The molecule has 6 nitrogen and oxygen atoms in total. The van der Waals surface area contributed by atoms with Gasteiger partial charge in [0.05, 0.1) is 6.20 Å². The third-order valence-electron chi connectivity index (χ3n) is 3.78. The van der Waals surface area contributed by atoms with Gasteiger partial charge in [0.25, 0.3) is 5.91 Å². The summed E-state index contributed by atoms with van der Waals surface area (Å²) in [7, 11) is 0. The number of carbonyl (C=O) groups is 1. The van der Waals surface area contributed by atoms with Crippen molar-refractivity contribution in [2.45, 2.75) is 26.8 Å². The molecule has 0 atom stereocenters. The van der Waals surface area contributed by atoms with E-state index in [1.807, 2.05) is 39.0 Å². The fraction of sp³-hybridized carbons (Fsp3) is 0.200. The van der Waals surface area contributed by atoms with E-state index in [1.165, 1.54) is 0 Å². The van der Waals surface area contributed by atoms with Crippen LogP contribution in [0.5, 0.6) is 0 Å². The van der Waals surface area contributed by atoms with Gasteiger partial charge in [-0.3, -0.25) is 9.78 Å². The van der Waals surface area contributed by atoms with Gasteiger partial charge < -0.3 is 5.32 Å². The van der Waals surface area contributed by atoms with Crippen LogP contribution in [0.2, 0.25) is 0 Å². The highest BCUT2D eigenvalue weighted by molar-refractivity contribution is 6.04. The number of rotatable bonds is 3. The zero-order valence-corrected chi connectivity index (χ0v) is 14.9. The lowest BCUT2D eigenvalue weighted by Gasteiger charge is -2.05. The predicted molar refractivity (Wildman–Crippen MR) is 99.8 cm³/mol. The molecule has 0 spiro atoms. The quantitative estimate of drug-likeness (QED) is 0.740. The van der Waals surface area contributed by atoms with Crippen molar-refractivity contribution < 1.29 is 4.79 Å². The first kappa shape index (κ1) is 17.4. The van der Waals surface area contributed by atoms with Crippen molar-refractivity contribution in [3.63, 3.8) is 0 Å². The summed E-state index contributed by atoms with van der Waals surface area (Å²) in [6.07, 6.45) is 5.12. The van der Waals surface area contributed by atoms with Crippen molar-refractivity contribution in [3.05, 3.63) is 71.2 Å². The molecule has 2 aromatic heterocycles. The van der Waals surface area contributed by atoms with Crippen LogP contribution in [0.15, 0.2) is 48.9 Å². The van der Waals surface area contributed by atoms with Crippen molar-refractivity contribution in [1.82, 2.24) is 20.0 Å². The molecule has 0 saturated carbocycles. The summed E-state index contributed by atoms with van der Waals surface area (Å²) in [4.78, 5) is 16.5. The average Bonchev–Trinajstić information content (AvgIpc) is 3.10. The van der Waals surface area contributed by atoms with E-state index in [4.69, 9.17) is 0 Å². The Morgan fingerprint density at radius 2 is 2.08 bits per heavy atom. The molecule has 0 aliphatic carbocycles. The van der Waals surface area contributed by atoms with E-state index in [-0.39, 0.29) is 11.9 Å². The third-order valence-corrected chi connectivity index (χ3v) is 3.78. The molecule has 1 N–H and O–H groups in total. The highest BCUT2D eigenvalue weighted by Crippen LogP contribution is 2.13. The Morgan fingerprint density at radius 3 is 2.77 bits per heavy atom. The number of amides is 1. The molecule has 0 radical (unpaired) electrons. The topological polar surface area (TPSA) is 72.7 Å². The molecule has 0 bridgehead atoms. The van der Waals surface area contributed by atoms with Gasteiger partial charge in [-0.2, -0.15) is 0 Å². The number of benzene rings is 1. The van der Waals surface area contributed by atoms with Gasteiger partial charge in [0.2, 0.25) is 0 Å². The SMILES string of the molecule is Cc1ccc(C(=O)Nc2cn(C(C)C)nn2)cc1C#Cc1cccnc1. The van der Waals surface area contributed by atoms with E-state index in [9.17, 15) is 4.79 Å². The lowest BCUT2D eigenvalue weighted by Crippen LogP contribution is -2.12. The van der Waals surface area contributed by atoms with Gasteiger partial charge in [-0.1, -0.05) is 23.1 Å². The normalized spacial score (nSPS) is 10.3. The minimum absolute atomic E-state index is 0.182. The van der Waals surface area contributed by atoms with E-state index in [0.29, 0.717) is 11.4 Å². The molecule has 6 heteroatoms. The molecule has 2 heterocycles. The van der Waals surface area contributed by atoms with Crippen LogP contribution in [-0.4, -0.2) is 25.9 Å². The first-order valence-electron chi connectivity index (χ1n) is 8.29. The van der Waals surface area contributed by atoms with Gasteiger partial charge in [-0.15, -0.1) is 5.10 Å². The van der Waals surface area contributed by atoms with Gasteiger partial charge >= 0.3 is 0 Å².